The van der Waals surface area contributed by atoms with E-state index in [-0.39, 0.29) is 24.1 Å². The van der Waals surface area contributed by atoms with Crippen LogP contribution in [0.4, 0.5) is 10.1 Å². The summed E-state index contributed by atoms with van der Waals surface area (Å²) in [5.74, 6) is 0.0853. The lowest BCUT2D eigenvalue weighted by Crippen LogP contribution is -2.37. The number of fused-ring (bicyclic) bond motifs is 2. The molecule has 2 N–H and O–H groups in total. The molecular weight excluding hydrogens is 375 g/mol. The van der Waals surface area contributed by atoms with Crippen molar-refractivity contribution >= 4 is 28.5 Å². The number of nitrogens with zero attached hydrogens (tertiary/aromatic N) is 2. The van der Waals surface area contributed by atoms with E-state index in [0.717, 1.165) is 5.56 Å². The molecule has 0 saturated carbocycles. The van der Waals surface area contributed by atoms with Crippen LogP contribution in [-0.2, 0) is 16.0 Å². The van der Waals surface area contributed by atoms with Crippen LogP contribution in [0.3, 0.4) is 0 Å². The largest absolute Gasteiger partial charge is 0.497 e. The molecule has 0 aliphatic carbocycles. The van der Waals surface area contributed by atoms with Gasteiger partial charge in [-0.2, -0.15) is 0 Å². The van der Waals surface area contributed by atoms with Crippen LogP contribution in [0.5, 0.6) is 5.75 Å². The standard InChI is InChI=1S/C21H21FN4O3/c1-26(8-7-19-23-17-5-3-12(22)9-18(17)24-19)21(28)15-11-20(27)25-16-6-4-13(29-2)10-14(15)16/h3-6,9-10,15H,7-8,11H2,1-2H3,(H,23,24)(H,25,27)/t15-/m1/s1. The third-order valence-electron chi connectivity index (χ3n) is 5.15. The number of halogens is 1. The Morgan fingerprint density at radius 3 is 2.93 bits per heavy atom. The minimum absolute atomic E-state index is 0.0905. The van der Waals surface area contributed by atoms with Crippen molar-refractivity contribution in [1.29, 1.82) is 0 Å². The smallest absolute Gasteiger partial charge is 0.230 e. The zero-order valence-corrected chi connectivity index (χ0v) is 16.2. The van der Waals surface area contributed by atoms with Gasteiger partial charge < -0.3 is 19.9 Å². The Balaban J connectivity index is 1.49. The Morgan fingerprint density at radius 1 is 1.31 bits per heavy atom. The lowest BCUT2D eigenvalue weighted by Gasteiger charge is -2.28. The van der Waals surface area contributed by atoms with E-state index in [1.165, 1.54) is 12.1 Å². The summed E-state index contributed by atoms with van der Waals surface area (Å²) in [5, 5.41) is 2.80. The predicted molar refractivity (Wildman–Crippen MR) is 106 cm³/mol. The van der Waals surface area contributed by atoms with Gasteiger partial charge in [-0.25, -0.2) is 9.37 Å². The Labute approximate surface area is 166 Å². The summed E-state index contributed by atoms with van der Waals surface area (Å²) in [4.78, 5) is 34.2. The maximum absolute atomic E-state index is 13.3. The van der Waals surface area contributed by atoms with Crippen LogP contribution in [0.2, 0.25) is 0 Å². The highest BCUT2D eigenvalue weighted by Crippen LogP contribution is 2.35. The SMILES string of the molecule is COc1ccc2c(c1)[C@H](C(=O)N(C)CCc1nc3ccc(F)cc3[nH]1)CC(=O)N2. The summed E-state index contributed by atoms with van der Waals surface area (Å²) < 4.78 is 18.6. The highest BCUT2D eigenvalue weighted by atomic mass is 19.1. The van der Waals surface area contributed by atoms with Gasteiger partial charge in [-0.05, 0) is 42.0 Å². The van der Waals surface area contributed by atoms with Gasteiger partial charge in [0, 0.05) is 32.1 Å². The summed E-state index contributed by atoms with van der Waals surface area (Å²) in [6, 6.07) is 9.66. The second-order valence-corrected chi connectivity index (χ2v) is 7.11. The fourth-order valence-corrected chi connectivity index (χ4v) is 3.59. The van der Waals surface area contributed by atoms with E-state index in [9.17, 15) is 14.0 Å². The normalized spacial score (nSPS) is 15.7. The molecule has 1 aromatic heterocycles. The predicted octanol–water partition coefficient (Wildman–Crippen LogP) is 2.84. The summed E-state index contributed by atoms with van der Waals surface area (Å²) in [5.41, 5.74) is 2.69. The molecule has 29 heavy (non-hydrogen) atoms. The number of carbonyl (C=O) groups excluding carboxylic acids is 2. The van der Waals surface area contributed by atoms with Crippen molar-refractivity contribution < 1.29 is 18.7 Å². The van der Waals surface area contributed by atoms with Gasteiger partial charge in [0.1, 0.15) is 17.4 Å². The van der Waals surface area contributed by atoms with Crippen LogP contribution in [-0.4, -0.2) is 47.4 Å². The number of hydrogen-bond acceptors (Lipinski definition) is 4. The Morgan fingerprint density at radius 2 is 2.14 bits per heavy atom. The molecule has 0 fully saturated rings. The summed E-state index contributed by atoms with van der Waals surface area (Å²) in [7, 11) is 3.27. The van der Waals surface area contributed by atoms with Crippen molar-refractivity contribution in [2.75, 3.05) is 26.0 Å². The number of nitrogens with one attached hydrogen (secondary N) is 2. The van der Waals surface area contributed by atoms with Crippen molar-refractivity contribution in [3.63, 3.8) is 0 Å². The molecule has 150 valence electrons. The van der Waals surface area contributed by atoms with Gasteiger partial charge >= 0.3 is 0 Å². The van der Waals surface area contributed by atoms with E-state index < -0.39 is 5.92 Å². The van der Waals surface area contributed by atoms with Gasteiger partial charge in [-0.1, -0.05) is 0 Å². The topological polar surface area (TPSA) is 87.3 Å². The van der Waals surface area contributed by atoms with E-state index in [0.29, 0.717) is 41.3 Å². The molecular formula is C21H21FN4O3. The number of rotatable bonds is 5. The Kier molecular flexibility index (Phi) is 4.92. The first-order valence-electron chi connectivity index (χ1n) is 9.31. The summed E-state index contributed by atoms with van der Waals surface area (Å²) in [6.07, 6.45) is 0.579. The second-order valence-electron chi connectivity index (χ2n) is 7.11. The molecule has 1 aliphatic heterocycles. The number of ether oxygens (including phenoxy) is 1. The number of aromatic nitrogens is 2. The number of amides is 2. The monoisotopic (exact) mass is 396 g/mol. The first kappa shape index (κ1) is 18.9. The fraction of sp³-hybridized carbons (Fsp3) is 0.286. The van der Waals surface area contributed by atoms with Crippen molar-refractivity contribution in [3.05, 3.63) is 53.6 Å². The van der Waals surface area contributed by atoms with E-state index in [4.69, 9.17) is 4.74 Å². The van der Waals surface area contributed by atoms with Gasteiger partial charge in [-0.15, -0.1) is 0 Å². The lowest BCUT2D eigenvalue weighted by molar-refractivity contribution is -0.133. The first-order chi connectivity index (χ1) is 13.9. The molecule has 1 atom stereocenters. The highest BCUT2D eigenvalue weighted by Gasteiger charge is 2.32. The molecule has 8 heteroatoms. The minimum Gasteiger partial charge on any atom is -0.497 e. The number of hydrogen-bond donors (Lipinski definition) is 2. The van der Waals surface area contributed by atoms with E-state index in [2.05, 4.69) is 15.3 Å². The van der Waals surface area contributed by atoms with Crippen LogP contribution in [0.15, 0.2) is 36.4 Å². The number of carbonyl (C=O) groups is 2. The summed E-state index contributed by atoms with van der Waals surface area (Å²) in [6.45, 7) is 0.415. The molecule has 0 spiro atoms. The van der Waals surface area contributed by atoms with E-state index in [1.54, 1.807) is 43.3 Å². The molecule has 7 nitrogen and oxygen atoms in total. The third-order valence-corrected chi connectivity index (χ3v) is 5.15. The van der Waals surface area contributed by atoms with Crippen molar-refractivity contribution in [1.82, 2.24) is 14.9 Å². The van der Waals surface area contributed by atoms with Gasteiger partial charge in [0.25, 0.3) is 0 Å². The van der Waals surface area contributed by atoms with Gasteiger partial charge in [0.05, 0.1) is 24.1 Å². The molecule has 2 aromatic carbocycles. The first-order valence-corrected chi connectivity index (χ1v) is 9.31. The maximum atomic E-state index is 13.3. The number of benzene rings is 2. The van der Waals surface area contributed by atoms with E-state index >= 15 is 0 Å². The van der Waals surface area contributed by atoms with Crippen LogP contribution in [0.25, 0.3) is 11.0 Å². The van der Waals surface area contributed by atoms with Gasteiger partial charge in [0.2, 0.25) is 11.8 Å². The fourth-order valence-electron chi connectivity index (χ4n) is 3.59. The molecule has 0 radical (unpaired) electrons. The molecule has 0 unspecified atom stereocenters. The number of likely N-dealkylation sites (N-methyl/N-ethyl adjacent to an activating group) is 1. The molecule has 3 aromatic rings. The second kappa shape index (κ2) is 7.54. The number of imidazole rings is 1. The van der Waals surface area contributed by atoms with Crippen LogP contribution < -0.4 is 10.1 Å². The molecule has 4 rings (SSSR count). The highest BCUT2D eigenvalue weighted by molar-refractivity contribution is 6.01. The van der Waals surface area contributed by atoms with Crippen LogP contribution in [0.1, 0.15) is 23.7 Å². The number of methoxy groups -OCH3 is 1. The van der Waals surface area contributed by atoms with Crippen molar-refractivity contribution in [2.24, 2.45) is 0 Å². The average molecular weight is 396 g/mol. The summed E-state index contributed by atoms with van der Waals surface area (Å²) >= 11 is 0. The average Bonchev–Trinajstić information content (AvgIpc) is 3.12. The zero-order valence-electron chi connectivity index (χ0n) is 16.2. The number of anilines is 1. The Bertz CT molecular complexity index is 1090. The molecule has 1 aliphatic rings. The number of H-pyrrole nitrogens is 1. The minimum atomic E-state index is -0.566. The van der Waals surface area contributed by atoms with Crippen LogP contribution in [0, 0.1) is 5.82 Å². The lowest BCUT2D eigenvalue weighted by atomic mass is 9.89. The van der Waals surface area contributed by atoms with Gasteiger partial charge in [-0.3, -0.25) is 9.59 Å². The molecule has 2 heterocycles. The van der Waals surface area contributed by atoms with Crippen LogP contribution >= 0.6 is 0 Å². The Hall–Kier alpha value is -3.42. The van der Waals surface area contributed by atoms with Crippen molar-refractivity contribution in [3.8, 4) is 5.75 Å². The third kappa shape index (κ3) is 3.78. The van der Waals surface area contributed by atoms with Gasteiger partial charge in [0.15, 0.2) is 0 Å². The van der Waals surface area contributed by atoms with Crippen molar-refractivity contribution in [2.45, 2.75) is 18.8 Å². The molecule has 2 amide bonds. The molecule has 0 bridgehead atoms. The zero-order chi connectivity index (χ0) is 20.5. The quantitative estimate of drug-likeness (QED) is 0.694. The molecule has 0 saturated heterocycles. The number of aromatic amines is 1. The van der Waals surface area contributed by atoms with E-state index in [1.807, 2.05) is 0 Å². The maximum Gasteiger partial charge on any atom is 0.230 e.